The second-order valence-corrected chi connectivity index (χ2v) is 5.40. The largest absolute Gasteiger partial charge is 0.462 e. The third-order valence-corrected chi connectivity index (χ3v) is 3.38. The Morgan fingerprint density at radius 1 is 1.58 bits per heavy atom. The van der Waals surface area contributed by atoms with Crippen molar-refractivity contribution < 1.29 is 9.53 Å². The van der Waals surface area contributed by atoms with Crippen molar-refractivity contribution in [3.05, 3.63) is 5.56 Å². The highest BCUT2D eigenvalue weighted by atomic mass is 32.1. The van der Waals surface area contributed by atoms with Crippen LogP contribution < -0.4 is 11.1 Å². The van der Waals surface area contributed by atoms with Crippen LogP contribution in [0.25, 0.3) is 0 Å². The van der Waals surface area contributed by atoms with Gasteiger partial charge >= 0.3 is 5.97 Å². The molecule has 0 fully saturated rings. The first-order valence-corrected chi connectivity index (χ1v) is 7.06. The maximum absolute atomic E-state index is 11.8. The lowest BCUT2D eigenvalue weighted by Crippen LogP contribution is -2.23. The third kappa shape index (κ3) is 4.68. The summed E-state index contributed by atoms with van der Waals surface area (Å²) in [6, 6.07) is 0.232. The van der Waals surface area contributed by atoms with E-state index in [1.54, 1.807) is 6.92 Å². The van der Waals surface area contributed by atoms with E-state index in [-0.39, 0.29) is 11.9 Å². The molecule has 0 radical (unpaired) electrons. The van der Waals surface area contributed by atoms with E-state index in [9.17, 15) is 4.79 Å². The maximum Gasteiger partial charge on any atom is 0.344 e. The van der Waals surface area contributed by atoms with Crippen LogP contribution >= 0.6 is 11.5 Å². The number of carbonyl (C=O) groups is 1. The maximum atomic E-state index is 11.8. The van der Waals surface area contributed by atoms with E-state index in [4.69, 9.17) is 10.5 Å². The number of aromatic nitrogens is 1. The van der Waals surface area contributed by atoms with Gasteiger partial charge in [0.25, 0.3) is 0 Å². The fourth-order valence-electron chi connectivity index (χ4n) is 1.55. The zero-order valence-corrected chi connectivity index (χ0v) is 12.7. The van der Waals surface area contributed by atoms with Gasteiger partial charge in [-0.3, -0.25) is 0 Å². The highest BCUT2D eigenvalue weighted by Gasteiger charge is 2.21. The zero-order chi connectivity index (χ0) is 14.4. The van der Waals surface area contributed by atoms with Crippen molar-refractivity contribution in [2.45, 2.75) is 26.3 Å². The quantitative estimate of drug-likeness (QED) is 0.742. The van der Waals surface area contributed by atoms with Crippen LogP contribution in [0.4, 0.5) is 10.8 Å². The highest BCUT2D eigenvalue weighted by Crippen LogP contribution is 2.28. The zero-order valence-electron chi connectivity index (χ0n) is 11.9. The third-order valence-electron chi connectivity index (χ3n) is 2.58. The number of nitrogens with one attached hydrogen (secondary N) is 1. The Balaban J connectivity index is 2.70. The molecule has 1 aromatic rings. The summed E-state index contributed by atoms with van der Waals surface area (Å²) in [5, 5.41) is 3.96. The SMILES string of the molecule is CCOC(=O)c1c(N)nsc1NC(C)CCN(C)C. The summed E-state index contributed by atoms with van der Waals surface area (Å²) in [4.78, 5) is 13.9. The molecule has 0 aliphatic rings. The molecule has 6 nitrogen and oxygen atoms in total. The molecular formula is C12H22N4O2S. The average Bonchev–Trinajstić information content (AvgIpc) is 2.68. The van der Waals surface area contributed by atoms with Gasteiger partial charge < -0.3 is 20.7 Å². The van der Waals surface area contributed by atoms with Gasteiger partial charge in [-0.25, -0.2) is 4.79 Å². The van der Waals surface area contributed by atoms with Gasteiger partial charge in [0.2, 0.25) is 0 Å². The molecule has 0 spiro atoms. The van der Waals surface area contributed by atoms with E-state index in [2.05, 4.69) is 21.5 Å². The second-order valence-electron chi connectivity index (χ2n) is 4.63. The molecule has 0 saturated carbocycles. The van der Waals surface area contributed by atoms with Gasteiger partial charge in [0.15, 0.2) is 5.82 Å². The Morgan fingerprint density at radius 2 is 2.26 bits per heavy atom. The normalized spacial score (nSPS) is 12.5. The molecule has 7 heteroatoms. The molecule has 1 heterocycles. The molecule has 1 unspecified atom stereocenters. The summed E-state index contributed by atoms with van der Waals surface area (Å²) in [6.07, 6.45) is 0.965. The smallest absolute Gasteiger partial charge is 0.344 e. The van der Waals surface area contributed by atoms with Crippen molar-refractivity contribution in [2.75, 3.05) is 38.3 Å². The molecule has 108 valence electrons. The Hall–Kier alpha value is -1.34. The second kappa shape index (κ2) is 7.30. The lowest BCUT2D eigenvalue weighted by Gasteiger charge is -2.17. The van der Waals surface area contributed by atoms with Crippen molar-refractivity contribution in [3.8, 4) is 0 Å². The molecule has 1 aromatic heterocycles. The first-order valence-electron chi connectivity index (χ1n) is 6.29. The minimum absolute atomic E-state index is 0.228. The standard InChI is InChI=1S/C12H22N4O2S/c1-5-18-12(17)9-10(13)15-19-11(9)14-8(2)6-7-16(3)4/h8,14H,5-7H2,1-4H3,(H2,13,15). The lowest BCUT2D eigenvalue weighted by molar-refractivity contribution is 0.0529. The molecule has 0 amide bonds. The van der Waals surface area contributed by atoms with Crippen LogP contribution in [0.3, 0.4) is 0 Å². The Labute approximate surface area is 118 Å². The number of anilines is 2. The van der Waals surface area contributed by atoms with Gasteiger partial charge in [0.1, 0.15) is 10.6 Å². The number of hydrogen-bond acceptors (Lipinski definition) is 7. The van der Waals surface area contributed by atoms with Gasteiger partial charge in [-0.1, -0.05) is 0 Å². The molecule has 1 rings (SSSR count). The van der Waals surface area contributed by atoms with E-state index in [0.717, 1.165) is 13.0 Å². The number of rotatable bonds is 7. The van der Waals surface area contributed by atoms with Crippen LogP contribution in [-0.4, -0.2) is 48.5 Å². The van der Waals surface area contributed by atoms with Crippen LogP contribution in [0.15, 0.2) is 0 Å². The predicted octanol–water partition coefficient (Wildman–Crippen LogP) is 1.65. The summed E-state index contributed by atoms with van der Waals surface area (Å²) in [5.41, 5.74) is 6.07. The summed E-state index contributed by atoms with van der Waals surface area (Å²) < 4.78 is 9.00. The first kappa shape index (κ1) is 15.7. The molecule has 19 heavy (non-hydrogen) atoms. The fraction of sp³-hybridized carbons (Fsp3) is 0.667. The summed E-state index contributed by atoms with van der Waals surface area (Å²) >= 11 is 1.19. The van der Waals surface area contributed by atoms with Crippen LogP contribution in [0, 0.1) is 0 Å². The number of esters is 1. The minimum Gasteiger partial charge on any atom is -0.462 e. The van der Waals surface area contributed by atoms with Crippen molar-refractivity contribution in [3.63, 3.8) is 0 Å². The predicted molar refractivity (Wildman–Crippen MR) is 78.7 cm³/mol. The van der Waals surface area contributed by atoms with E-state index in [1.165, 1.54) is 11.5 Å². The summed E-state index contributed by atoms with van der Waals surface area (Å²) in [6.45, 7) is 5.12. The molecule has 0 aliphatic carbocycles. The van der Waals surface area contributed by atoms with Crippen LogP contribution in [0.1, 0.15) is 30.6 Å². The first-order chi connectivity index (χ1) is 8.95. The molecule has 0 aromatic carbocycles. The van der Waals surface area contributed by atoms with E-state index in [1.807, 2.05) is 14.1 Å². The van der Waals surface area contributed by atoms with Crippen LogP contribution in [-0.2, 0) is 4.74 Å². The van der Waals surface area contributed by atoms with Crippen molar-refractivity contribution in [1.82, 2.24) is 9.27 Å². The monoisotopic (exact) mass is 286 g/mol. The number of hydrogen-bond donors (Lipinski definition) is 2. The van der Waals surface area contributed by atoms with Gasteiger partial charge in [-0.05, 0) is 52.4 Å². The molecule has 1 atom stereocenters. The van der Waals surface area contributed by atoms with E-state index in [0.29, 0.717) is 17.2 Å². The Morgan fingerprint density at radius 3 is 2.84 bits per heavy atom. The number of nitrogens with two attached hydrogens (primary N) is 1. The Bertz CT molecular complexity index is 420. The number of carbonyl (C=O) groups excluding carboxylic acids is 1. The fourth-order valence-corrected chi connectivity index (χ4v) is 2.36. The molecular weight excluding hydrogens is 264 g/mol. The molecule has 0 saturated heterocycles. The van der Waals surface area contributed by atoms with Crippen molar-refractivity contribution in [2.24, 2.45) is 0 Å². The van der Waals surface area contributed by atoms with E-state index < -0.39 is 5.97 Å². The van der Waals surface area contributed by atoms with Gasteiger partial charge in [0, 0.05) is 6.04 Å². The van der Waals surface area contributed by atoms with Gasteiger partial charge in [-0.2, -0.15) is 4.37 Å². The van der Waals surface area contributed by atoms with Crippen LogP contribution in [0.5, 0.6) is 0 Å². The molecule has 0 aliphatic heterocycles. The molecule has 3 N–H and O–H groups in total. The minimum atomic E-state index is -0.420. The average molecular weight is 286 g/mol. The van der Waals surface area contributed by atoms with E-state index >= 15 is 0 Å². The van der Waals surface area contributed by atoms with Crippen LogP contribution in [0.2, 0.25) is 0 Å². The summed E-state index contributed by atoms with van der Waals surface area (Å²) in [7, 11) is 4.06. The number of ether oxygens (including phenoxy) is 1. The molecule has 0 bridgehead atoms. The van der Waals surface area contributed by atoms with Crippen molar-refractivity contribution in [1.29, 1.82) is 0 Å². The van der Waals surface area contributed by atoms with Crippen molar-refractivity contribution >= 4 is 28.3 Å². The number of nitrogens with zero attached hydrogens (tertiary/aromatic N) is 2. The highest BCUT2D eigenvalue weighted by molar-refractivity contribution is 7.11. The topological polar surface area (TPSA) is 80.5 Å². The number of nitrogen functional groups attached to an aromatic ring is 1. The Kier molecular flexibility index (Phi) is 6.04. The summed E-state index contributed by atoms with van der Waals surface area (Å²) in [5.74, 6) is -0.193. The van der Waals surface area contributed by atoms with Gasteiger partial charge in [-0.15, -0.1) is 0 Å². The van der Waals surface area contributed by atoms with Gasteiger partial charge in [0.05, 0.1) is 6.61 Å². The lowest BCUT2D eigenvalue weighted by atomic mass is 10.2.